The van der Waals surface area contributed by atoms with Crippen LogP contribution in [0.25, 0.3) is 0 Å². The molecule has 0 bridgehead atoms. The van der Waals surface area contributed by atoms with Crippen LogP contribution >= 0.6 is 0 Å². The molecule has 0 fully saturated rings. The Hall–Kier alpha value is -2.76. The Morgan fingerprint density at radius 1 is 1.04 bits per heavy atom. The lowest BCUT2D eigenvalue weighted by Crippen LogP contribution is -2.52. The molecule has 3 N–H and O–H groups in total. The fraction of sp³-hybridized carbons (Fsp3) is 0.368. The van der Waals surface area contributed by atoms with Crippen LogP contribution in [-0.4, -0.2) is 18.0 Å². The molecule has 1 heterocycles. The molecule has 2 aromatic rings. The van der Waals surface area contributed by atoms with E-state index in [9.17, 15) is 9.59 Å². The van der Waals surface area contributed by atoms with Gasteiger partial charge in [-0.2, -0.15) is 0 Å². The van der Waals surface area contributed by atoms with Crippen molar-refractivity contribution in [1.82, 2.24) is 16.0 Å². The van der Waals surface area contributed by atoms with Crippen molar-refractivity contribution in [2.75, 3.05) is 0 Å². The number of hydrogen-bond donors (Lipinski definition) is 3. The van der Waals surface area contributed by atoms with Crippen molar-refractivity contribution in [3.05, 3.63) is 60.1 Å². The maximum atomic E-state index is 12.5. The third-order valence-corrected chi connectivity index (χ3v) is 4.09. The highest BCUT2D eigenvalue weighted by Gasteiger charge is 2.25. The summed E-state index contributed by atoms with van der Waals surface area (Å²) in [7, 11) is 0. The summed E-state index contributed by atoms with van der Waals surface area (Å²) >= 11 is 0. The average Bonchev–Trinajstić information content (AvgIpc) is 3.16. The number of benzene rings is 1. The predicted molar refractivity (Wildman–Crippen MR) is 95.6 cm³/mol. The first-order valence-corrected chi connectivity index (χ1v) is 8.48. The van der Waals surface area contributed by atoms with E-state index in [1.165, 1.54) is 0 Å². The van der Waals surface area contributed by atoms with Crippen molar-refractivity contribution < 1.29 is 14.0 Å². The minimum Gasteiger partial charge on any atom is -0.467 e. The van der Waals surface area contributed by atoms with Gasteiger partial charge in [0.1, 0.15) is 11.8 Å². The van der Waals surface area contributed by atoms with E-state index in [0.717, 1.165) is 12.0 Å². The van der Waals surface area contributed by atoms with E-state index in [0.29, 0.717) is 18.8 Å². The van der Waals surface area contributed by atoms with E-state index in [-0.39, 0.29) is 17.9 Å². The van der Waals surface area contributed by atoms with Crippen LogP contribution in [0, 0.1) is 5.92 Å². The van der Waals surface area contributed by atoms with Crippen LogP contribution in [0.5, 0.6) is 0 Å². The number of amides is 3. The summed E-state index contributed by atoms with van der Waals surface area (Å²) in [5.74, 6) is 0.462. The smallest absolute Gasteiger partial charge is 0.315 e. The predicted octanol–water partition coefficient (Wildman–Crippen LogP) is 2.81. The highest BCUT2D eigenvalue weighted by Crippen LogP contribution is 2.09. The van der Waals surface area contributed by atoms with E-state index in [1.54, 1.807) is 18.4 Å². The molecule has 25 heavy (non-hydrogen) atoms. The van der Waals surface area contributed by atoms with Gasteiger partial charge in [-0.1, -0.05) is 50.6 Å². The molecule has 1 aromatic carbocycles. The quantitative estimate of drug-likeness (QED) is 0.689. The zero-order valence-corrected chi connectivity index (χ0v) is 14.6. The highest BCUT2D eigenvalue weighted by molar-refractivity contribution is 5.87. The molecule has 0 aliphatic heterocycles. The molecular formula is C19H25N3O3. The van der Waals surface area contributed by atoms with Crippen LogP contribution in [0.1, 0.15) is 31.6 Å². The molecule has 6 heteroatoms. The SMILES string of the molecule is CCC(C)C(NC(=O)NCc1ccccc1)C(=O)NCc1ccco1. The summed E-state index contributed by atoms with van der Waals surface area (Å²) in [4.78, 5) is 24.6. The van der Waals surface area contributed by atoms with Gasteiger partial charge in [-0.05, 0) is 23.6 Å². The summed E-state index contributed by atoms with van der Waals surface area (Å²) in [6.45, 7) is 4.63. The van der Waals surface area contributed by atoms with Crippen molar-refractivity contribution >= 4 is 11.9 Å². The monoisotopic (exact) mass is 343 g/mol. The van der Waals surface area contributed by atoms with Crippen LogP contribution in [0.15, 0.2) is 53.1 Å². The zero-order valence-electron chi connectivity index (χ0n) is 14.6. The molecule has 0 spiro atoms. The van der Waals surface area contributed by atoms with Crippen LogP contribution < -0.4 is 16.0 Å². The first-order valence-electron chi connectivity index (χ1n) is 8.48. The maximum Gasteiger partial charge on any atom is 0.315 e. The van der Waals surface area contributed by atoms with Crippen molar-refractivity contribution in [2.45, 2.75) is 39.4 Å². The number of urea groups is 1. The molecule has 6 nitrogen and oxygen atoms in total. The number of nitrogens with one attached hydrogen (secondary N) is 3. The van der Waals surface area contributed by atoms with Gasteiger partial charge < -0.3 is 20.4 Å². The molecule has 0 aliphatic carbocycles. The van der Waals surface area contributed by atoms with Crippen LogP contribution in [0.2, 0.25) is 0 Å². The molecule has 1 aromatic heterocycles. The molecule has 0 radical (unpaired) electrons. The van der Waals surface area contributed by atoms with Crippen molar-refractivity contribution in [3.8, 4) is 0 Å². The van der Waals surface area contributed by atoms with Gasteiger partial charge in [0.15, 0.2) is 0 Å². The summed E-state index contributed by atoms with van der Waals surface area (Å²) in [6, 6.07) is 12.2. The van der Waals surface area contributed by atoms with Crippen LogP contribution in [0.3, 0.4) is 0 Å². The molecule has 2 unspecified atom stereocenters. The molecule has 134 valence electrons. The van der Waals surface area contributed by atoms with E-state index in [2.05, 4.69) is 16.0 Å². The van der Waals surface area contributed by atoms with E-state index < -0.39 is 6.04 Å². The fourth-order valence-electron chi connectivity index (χ4n) is 2.37. The topological polar surface area (TPSA) is 83.4 Å². The van der Waals surface area contributed by atoms with Gasteiger partial charge in [-0.3, -0.25) is 4.79 Å². The zero-order chi connectivity index (χ0) is 18.1. The molecule has 2 rings (SSSR count). The number of furan rings is 1. The van der Waals surface area contributed by atoms with Gasteiger partial charge in [0, 0.05) is 6.54 Å². The lowest BCUT2D eigenvalue weighted by atomic mass is 9.98. The molecule has 3 amide bonds. The maximum absolute atomic E-state index is 12.5. The summed E-state index contributed by atoms with van der Waals surface area (Å²) in [5, 5.41) is 8.36. The highest BCUT2D eigenvalue weighted by atomic mass is 16.3. The largest absolute Gasteiger partial charge is 0.467 e. The molecule has 0 aliphatic rings. The second-order valence-corrected chi connectivity index (χ2v) is 5.97. The first-order chi connectivity index (χ1) is 12.1. The second-order valence-electron chi connectivity index (χ2n) is 5.97. The first kappa shape index (κ1) is 18.6. The normalized spacial score (nSPS) is 12.9. The molecule has 2 atom stereocenters. The van der Waals surface area contributed by atoms with Gasteiger partial charge in [0.05, 0.1) is 12.8 Å². The average molecular weight is 343 g/mol. The van der Waals surface area contributed by atoms with Crippen molar-refractivity contribution in [1.29, 1.82) is 0 Å². The third-order valence-electron chi connectivity index (χ3n) is 4.09. The number of rotatable bonds is 8. The Morgan fingerprint density at radius 3 is 2.44 bits per heavy atom. The van der Waals surface area contributed by atoms with Gasteiger partial charge in [0.25, 0.3) is 0 Å². The van der Waals surface area contributed by atoms with Crippen LogP contribution in [0.4, 0.5) is 4.79 Å². The lowest BCUT2D eigenvalue weighted by Gasteiger charge is -2.23. The summed E-state index contributed by atoms with van der Waals surface area (Å²) in [6.07, 6.45) is 2.33. The van der Waals surface area contributed by atoms with E-state index in [1.807, 2.05) is 44.2 Å². The van der Waals surface area contributed by atoms with E-state index >= 15 is 0 Å². The Morgan fingerprint density at radius 2 is 1.80 bits per heavy atom. The van der Waals surface area contributed by atoms with Gasteiger partial charge in [0.2, 0.25) is 5.91 Å². The number of carbonyl (C=O) groups excluding carboxylic acids is 2. The fourth-order valence-corrected chi connectivity index (χ4v) is 2.37. The minimum absolute atomic E-state index is 0.0130. The van der Waals surface area contributed by atoms with E-state index in [4.69, 9.17) is 4.42 Å². The van der Waals surface area contributed by atoms with Gasteiger partial charge in [-0.25, -0.2) is 4.79 Å². The standard InChI is InChI=1S/C19H25N3O3/c1-3-14(2)17(18(23)20-13-16-10-7-11-25-16)22-19(24)21-12-15-8-5-4-6-9-15/h4-11,14,17H,3,12-13H2,1-2H3,(H,20,23)(H2,21,22,24). The second kappa shape index (κ2) is 9.52. The summed E-state index contributed by atoms with van der Waals surface area (Å²) < 4.78 is 5.20. The Kier molecular flexibility index (Phi) is 7.07. The van der Waals surface area contributed by atoms with Gasteiger partial charge >= 0.3 is 6.03 Å². The molecule has 0 saturated heterocycles. The minimum atomic E-state index is -0.601. The Bertz CT molecular complexity index is 656. The van der Waals surface area contributed by atoms with Gasteiger partial charge in [-0.15, -0.1) is 0 Å². The van der Waals surface area contributed by atoms with Crippen LogP contribution in [-0.2, 0) is 17.9 Å². The van der Waals surface area contributed by atoms with Crippen molar-refractivity contribution in [3.63, 3.8) is 0 Å². The number of carbonyl (C=O) groups is 2. The Labute approximate surface area is 148 Å². The lowest BCUT2D eigenvalue weighted by molar-refractivity contribution is -0.124. The Balaban J connectivity index is 1.87. The third kappa shape index (κ3) is 5.99. The molecular weight excluding hydrogens is 318 g/mol. The number of hydrogen-bond acceptors (Lipinski definition) is 3. The van der Waals surface area contributed by atoms with Crippen molar-refractivity contribution in [2.24, 2.45) is 5.92 Å². The summed E-state index contributed by atoms with van der Waals surface area (Å²) in [5.41, 5.74) is 1.00. The molecule has 0 saturated carbocycles.